The van der Waals surface area contributed by atoms with Crippen molar-refractivity contribution in [3.63, 3.8) is 0 Å². The lowest BCUT2D eigenvalue weighted by Crippen LogP contribution is -2.50. The Labute approximate surface area is 124 Å². The van der Waals surface area contributed by atoms with Crippen LogP contribution in [0.1, 0.15) is 17.1 Å². The molecule has 2 aliphatic rings. The van der Waals surface area contributed by atoms with Gasteiger partial charge < -0.3 is 10.2 Å². The summed E-state index contributed by atoms with van der Waals surface area (Å²) in [4.78, 5) is 21.3. The van der Waals surface area contributed by atoms with Gasteiger partial charge in [-0.1, -0.05) is 0 Å². The Kier molecular flexibility index (Phi) is 4.33. The number of hydrogen-bond acceptors (Lipinski definition) is 5. The number of amides is 1. The van der Waals surface area contributed by atoms with E-state index in [1.165, 1.54) is 0 Å². The van der Waals surface area contributed by atoms with Crippen LogP contribution in [-0.4, -0.2) is 60.0 Å². The molecule has 2 aliphatic heterocycles. The van der Waals surface area contributed by atoms with E-state index in [1.54, 1.807) is 11.3 Å². The van der Waals surface area contributed by atoms with Gasteiger partial charge in [0.05, 0.1) is 16.6 Å². The summed E-state index contributed by atoms with van der Waals surface area (Å²) in [6, 6.07) is 0. The van der Waals surface area contributed by atoms with E-state index in [0.29, 0.717) is 5.91 Å². The number of piperazine rings is 1. The van der Waals surface area contributed by atoms with Crippen LogP contribution >= 0.6 is 11.3 Å². The quantitative estimate of drug-likeness (QED) is 0.892. The maximum Gasteiger partial charge on any atom is 0.227 e. The summed E-state index contributed by atoms with van der Waals surface area (Å²) in [6.45, 7) is 8.44. The second kappa shape index (κ2) is 6.20. The average molecular weight is 294 g/mol. The number of hydrogen-bond donors (Lipinski definition) is 1. The van der Waals surface area contributed by atoms with Gasteiger partial charge in [0.2, 0.25) is 5.91 Å². The maximum absolute atomic E-state index is 12.3. The van der Waals surface area contributed by atoms with Gasteiger partial charge in [-0.2, -0.15) is 0 Å². The molecule has 2 saturated heterocycles. The molecule has 20 heavy (non-hydrogen) atoms. The van der Waals surface area contributed by atoms with Crippen molar-refractivity contribution < 1.29 is 4.79 Å². The highest BCUT2D eigenvalue weighted by molar-refractivity contribution is 7.09. The van der Waals surface area contributed by atoms with Crippen molar-refractivity contribution in [1.82, 2.24) is 20.1 Å². The van der Waals surface area contributed by atoms with Gasteiger partial charge in [0.25, 0.3) is 0 Å². The van der Waals surface area contributed by atoms with Crippen LogP contribution in [0.5, 0.6) is 0 Å². The number of nitrogens with zero attached hydrogens (tertiary/aromatic N) is 3. The van der Waals surface area contributed by atoms with E-state index in [9.17, 15) is 4.79 Å². The van der Waals surface area contributed by atoms with E-state index >= 15 is 0 Å². The van der Waals surface area contributed by atoms with Crippen LogP contribution in [0.15, 0.2) is 5.38 Å². The molecule has 0 spiro atoms. The molecule has 1 atom stereocenters. The molecule has 1 unspecified atom stereocenters. The van der Waals surface area contributed by atoms with Gasteiger partial charge in [-0.25, -0.2) is 4.98 Å². The third-order valence-electron chi connectivity index (χ3n) is 4.15. The Morgan fingerprint density at radius 2 is 2.25 bits per heavy atom. The normalized spacial score (nSPS) is 24.2. The molecule has 0 aromatic carbocycles. The maximum atomic E-state index is 12.3. The summed E-state index contributed by atoms with van der Waals surface area (Å²) in [5, 5.41) is 6.53. The molecule has 2 fully saturated rings. The number of carbonyl (C=O) groups is 1. The molecule has 5 nitrogen and oxygen atoms in total. The van der Waals surface area contributed by atoms with Gasteiger partial charge in [0, 0.05) is 44.6 Å². The third kappa shape index (κ3) is 3.19. The van der Waals surface area contributed by atoms with Crippen LogP contribution in [0.3, 0.4) is 0 Å². The Balaban J connectivity index is 1.48. The first-order chi connectivity index (χ1) is 9.72. The molecule has 0 radical (unpaired) electrons. The molecule has 0 bridgehead atoms. The van der Waals surface area contributed by atoms with E-state index in [4.69, 9.17) is 0 Å². The minimum Gasteiger partial charge on any atom is -0.340 e. The van der Waals surface area contributed by atoms with Crippen molar-refractivity contribution in [2.75, 3.05) is 39.3 Å². The fraction of sp³-hybridized carbons (Fsp3) is 0.714. The van der Waals surface area contributed by atoms with E-state index in [2.05, 4.69) is 20.6 Å². The standard InChI is InChI=1S/C14H22N4OS/c1-11-16-13(10-20-11)9-17-4-6-18(7-5-17)14(19)12-2-3-15-8-12/h10,12,15H,2-9H2,1H3. The number of rotatable bonds is 3. The fourth-order valence-electron chi connectivity index (χ4n) is 2.96. The lowest BCUT2D eigenvalue weighted by atomic mass is 10.1. The second-order valence-electron chi connectivity index (χ2n) is 5.65. The monoisotopic (exact) mass is 294 g/mol. The summed E-state index contributed by atoms with van der Waals surface area (Å²) in [5.74, 6) is 0.557. The van der Waals surface area contributed by atoms with Crippen LogP contribution in [-0.2, 0) is 11.3 Å². The highest BCUT2D eigenvalue weighted by atomic mass is 32.1. The predicted octanol–water partition coefficient (Wildman–Crippen LogP) is 0.705. The first-order valence-corrected chi connectivity index (χ1v) is 8.23. The molecule has 1 N–H and O–H groups in total. The van der Waals surface area contributed by atoms with Crippen molar-refractivity contribution in [1.29, 1.82) is 0 Å². The van der Waals surface area contributed by atoms with Crippen molar-refractivity contribution in [2.24, 2.45) is 5.92 Å². The number of aryl methyl sites for hydroxylation is 1. The summed E-state index contributed by atoms with van der Waals surface area (Å²) in [7, 11) is 0. The zero-order valence-electron chi connectivity index (χ0n) is 12.0. The van der Waals surface area contributed by atoms with Crippen molar-refractivity contribution in [3.8, 4) is 0 Å². The molecule has 0 saturated carbocycles. The number of aromatic nitrogens is 1. The number of carbonyl (C=O) groups excluding carboxylic acids is 1. The van der Waals surface area contributed by atoms with Crippen LogP contribution in [0, 0.1) is 12.8 Å². The highest BCUT2D eigenvalue weighted by Gasteiger charge is 2.29. The lowest BCUT2D eigenvalue weighted by Gasteiger charge is -2.35. The minimum absolute atomic E-state index is 0.211. The Hall–Kier alpha value is -0.980. The predicted molar refractivity (Wildman–Crippen MR) is 79.7 cm³/mol. The largest absolute Gasteiger partial charge is 0.340 e. The smallest absolute Gasteiger partial charge is 0.227 e. The van der Waals surface area contributed by atoms with Gasteiger partial charge in [-0.15, -0.1) is 11.3 Å². The zero-order chi connectivity index (χ0) is 13.9. The fourth-order valence-corrected chi connectivity index (χ4v) is 3.56. The molecule has 0 aliphatic carbocycles. The second-order valence-corrected chi connectivity index (χ2v) is 6.71. The van der Waals surface area contributed by atoms with E-state index in [0.717, 1.165) is 62.9 Å². The van der Waals surface area contributed by atoms with Gasteiger partial charge in [-0.3, -0.25) is 9.69 Å². The van der Waals surface area contributed by atoms with E-state index in [1.807, 2.05) is 11.8 Å². The van der Waals surface area contributed by atoms with Crippen molar-refractivity contribution in [3.05, 3.63) is 16.1 Å². The Bertz CT molecular complexity index is 461. The molecule has 1 aromatic rings. The van der Waals surface area contributed by atoms with E-state index in [-0.39, 0.29) is 5.92 Å². The lowest BCUT2D eigenvalue weighted by molar-refractivity contribution is -0.136. The topological polar surface area (TPSA) is 48.5 Å². The first kappa shape index (κ1) is 14.0. The van der Waals surface area contributed by atoms with Gasteiger partial charge in [0.15, 0.2) is 0 Å². The molecular formula is C14H22N4OS. The Morgan fingerprint density at radius 3 is 2.85 bits per heavy atom. The number of thiazole rings is 1. The SMILES string of the molecule is Cc1nc(CN2CCN(C(=O)C3CCNC3)CC2)cs1. The molecule has 3 heterocycles. The van der Waals surface area contributed by atoms with E-state index < -0.39 is 0 Å². The molecule has 110 valence electrons. The Morgan fingerprint density at radius 1 is 1.45 bits per heavy atom. The summed E-state index contributed by atoms with van der Waals surface area (Å²) in [6.07, 6.45) is 0.997. The summed E-state index contributed by atoms with van der Waals surface area (Å²) in [5.41, 5.74) is 1.16. The average Bonchev–Trinajstić information content (AvgIpc) is 3.11. The number of nitrogens with one attached hydrogen (secondary N) is 1. The van der Waals surface area contributed by atoms with Crippen molar-refractivity contribution in [2.45, 2.75) is 19.9 Å². The van der Waals surface area contributed by atoms with Crippen molar-refractivity contribution >= 4 is 17.2 Å². The molecule has 1 aromatic heterocycles. The van der Waals surface area contributed by atoms with Crippen LogP contribution in [0.4, 0.5) is 0 Å². The van der Waals surface area contributed by atoms with Gasteiger partial charge >= 0.3 is 0 Å². The molecule has 1 amide bonds. The summed E-state index contributed by atoms with van der Waals surface area (Å²) >= 11 is 1.71. The van der Waals surface area contributed by atoms with Crippen LogP contribution < -0.4 is 5.32 Å². The third-order valence-corrected chi connectivity index (χ3v) is 4.97. The first-order valence-electron chi connectivity index (χ1n) is 7.35. The molecule has 6 heteroatoms. The molecule has 3 rings (SSSR count). The van der Waals surface area contributed by atoms with Crippen LogP contribution in [0.2, 0.25) is 0 Å². The molecular weight excluding hydrogens is 272 g/mol. The highest BCUT2D eigenvalue weighted by Crippen LogP contribution is 2.15. The van der Waals surface area contributed by atoms with Gasteiger partial charge in [0.1, 0.15) is 0 Å². The van der Waals surface area contributed by atoms with Gasteiger partial charge in [-0.05, 0) is 19.9 Å². The zero-order valence-corrected chi connectivity index (χ0v) is 12.8. The van der Waals surface area contributed by atoms with Crippen LogP contribution in [0.25, 0.3) is 0 Å². The minimum atomic E-state index is 0.211. The summed E-state index contributed by atoms with van der Waals surface area (Å²) < 4.78 is 0.